The Labute approximate surface area is 198 Å². The van der Waals surface area contributed by atoms with Crippen molar-refractivity contribution in [2.45, 2.75) is 19.4 Å². The highest BCUT2D eigenvalue weighted by Gasteiger charge is 2.29. The fraction of sp³-hybridized carbons (Fsp3) is 0.103. The van der Waals surface area contributed by atoms with Crippen LogP contribution in [-0.2, 0) is 0 Å². The van der Waals surface area contributed by atoms with Crippen LogP contribution in [0.25, 0.3) is 21.9 Å². The first-order chi connectivity index (χ1) is 16.2. The summed E-state index contributed by atoms with van der Waals surface area (Å²) in [6, 6.07) is 33.7. The summed E-state index contributed by atoms with van der Waals surface area (Å²) in [7, 11) is 0. The zero-order chi connectivity index (χ0) is 22.4. The van der Waals surface area contributed by atoms with Crippen molar-refractivity contribution in [1.29, 1.82) is 0 Å². The Bertz CT molecular complexity index is 1500. The monoisotopic (exact) mass is 447 g/mol. The second-order valence-electron chi connectivity index (χ2n) is 8.49. The molecule has 6 rings (SSSR count). The molecule has 0 saturated carbocycles. The van der Waals surface area contributed by atoms with Crippen LogP contribution in [0.4, 0.5) is 5.82 Å². The summed E-state index contributed by atoms with van der Waals surface area (Å²) in [6.07, 6.45) is 0.788. The highest BCUT2D eigenvalue weighted by molar-refractivity contribution is 6.30. The Morgan fingerprint density at radius 1 is 0.788 bits per heavy atom. The number of benzene rings is 4. The van der Waals surface area contributed by atoms with E-state index in [1.54, 1.807) is 0 Å². The highest BCUT2D eigenvalue weighted by Crippen LogP contribution is 2.42. The summed E-state index contributed by atoms with van der Waals surface area (Å²) in [5, 5.41) is 8.14. The molecule has 1 aromatic heterocycles. The lowest BCUT2D eigenvalue weighted by Crippen LogP contribution is -2.21. The summed E-state index contributed by atoms with van der Waals surface area (Å²) in [5.74, 6) is 0.901. The lowest BCUT2D eigenvalue weighted by Gasteiger charge is -2.25. The number of aliphatic imine (C=N–C) groups is 1. The minimum Gasteiger partial charge on any atom is -0.239 e. The van der Waals surface area contributed by atoms with Gasteiger partial charge in [0.15, 0.2) is 5.82 Å². The van der Waals surface area contributed by atoms with E-state index in [1.807, 2.05) is 24.3 Å². The number of hydrogen-bond donors (Lipinski definition) is 0. The summed E-state index contributed by atoms with van der Waals surface area (Å²) in [6.45, 7) is 2.06. The molecule has 0 saturated heterocycles. The van der Waals surface area contributed by atoms with E-state index in [4.69, 9.17) is 21.7 Å². The molecule has 33 heavy (non-hydrogen) atoms. The van der Waals surface area contributed by atoms with Gasteiger partial charge in [0.25, 0.3) is 0 Å². The standard InChI is InChI=1S/C29H22ClN3/c1-19-28(22-13-15-25(30)16-14-22)29-31-26(24-12-11-20-7-5-6-10-23(20)17-24)18-27(33(29)32-19)21-8-3-2-4-9-21/h2-17,27H,18H2,1H3. The molecule has 0 bridgehead atoms. The zero-order valence-corrected chi connectivity index (χ0v) is 19.0. The first-order valence-corrected chi connectivity index (χ1v) is 11.5. The maximum Gasteiger partial charge on any atom is 0.159 e. The number of halogens is 1. The van der Waals surface area contributed by atoms with Crippen molar-refractivity contribution in [3.05, 3.63) is 119 Å². The van der Waals surface area contributed by atoms with Gasteiger partial charge in [0.1, 0.15) is 0 Å². The molecule has 4 heteroatoms. The Hall–Kier alpha value is -3.69. The van der Waals surface area contributed by atoms with E-state index < -0.39 is 0 Å². The van der Waals surface area contributed by atoms with Gasteiger partial charge in [-0.2, -0.15) is 5.10 Å². The van der Waals surface area contributed by atoms with Crippen LogP contribution in [0, 0.1) is 6.92 Å². The number of aryl methyl sites for hydroxylation is 1. The minimum atomic E-state index is 0.0833. The van der Waals surface area contributed by atoms with Gasteiger partial charge in [0, 0.05) is 17.0 Å². The van der Waals surface area contributed by atoms with Crippen LogP contribution in [0.1, 0.15) is 29.3 Å². The van der Waals surface area contributed by atoms with Crippen LogP contribution in [0.3, 0.4) is 0 Å². The molecule has 0 amide bonds. The molecule has 0 N–H and O–H groups in total. The third-order valence-corrected chi connectivity index (χ3v) is 6.63. The zero-order valence-electron chi connectivity index (χ0n) is 18.2. The quantitative estimate of drug-likeness (QED) is 0.277. The molecule has 4 aromatic carbocycles. The molecule has 0 radical (unpaired) electrons. The number of hydrogen-bond acceptors (Lipinski definition) is 2. The number of rotatable bonds is 3. The molecule has 1 aliphatic rings. The van der Waals surface area contributed by atoms with Gasteiger partial charge in [-0.05, 0) is 52.6 Å². The normalized spacial score (nSPS) is 15.3. The third-order valence-electron chi connectivity index (χ3n) is 6.38. The van der Waals surface area contributed by atoms with Gasteiger partial charge in [-0.15, -0.1) is 0 Å². The van der Waals surface area contributed by atoms with Crippen LogP contribution < -0.4 is 0 Å². The number of nitrogens with zero attached hydrogens (tertiary/aromatic N) is 3. The lowest BCUT2D eigenvalue weighted by atomic mass is 9.94. The number of aromatic nitrogens is 2. The molecule has 2 heterocycles. The maximum absolute atomic E-state index is 6.16. The van der Waals surface area contributed by atoms with Crippen molar-refractivity contribution in [3.63, 3.8) is 0 Å². The second-order valence-corrected chi connectivity index (χ2v) is 8.92. The smallest absolute Gasteiger partial charge is 0.159 e. The van der Waals surface area contributed by atoms with E-state index in [1.165, 1.54) is 16.3 Å². The molecular weight excluding hydrogens is 426 g/mol. The molecule has 0 fully saturated rings. The van der Waals surface area contributed by atoms with E-state index in [9.17, 15) is 0 Å². The van der Waals surface area contributed by atoms with Gasteiger partial charge in [-0.3, -0.25) is 0 Å². The van der Waals surface area contributed by atoms with Crippen LogP contribution >= 0.6 is 11.6 Å². The van der Waals surface area contributed by atoms with E-state index in [0.717, 1.165) is 45.4 Å². The molecule has 1 unspecified atom stereocenters. The molecule has 0 spiro atoms. The average molecular weight is 448 g/mol. The van der Waals surface area contributed by atoms with Crippen molar-refractivity contribution in [3.8, 4) is 11.1 Å². The van der Waals surface area contributed by atoms with Gasteiger partial charge in [-0.25, -0.2) is 9.67 Å². The summed E-state index contributed by atoms with van der Waals surface area (Å²) in [5.41, 5.74) is 6.58. The molecule has 1 atom stereocenters. The Morgan fingerprint density at radius 3 is 2.27 bits per heavy atom. The summed E-state index contributed by atoms with van der Waals surface area (Å²) < 4.78 is 2.10. The van der Waals surface area contributed by atoms with Gasteiger partial charge >= 0.3 is 0 Å². The largest absolute Gasteiger partial charge is 0.239 e. The van der Waals surface area contributed by atoms with Crippen LogP contribution in [0.5, 0.6) is 0 Å². The fourth-order valence-corrected chi connectivity index (χ4v) is 4.87. The average Bonchev–Trinajstić information content (AvgIpc) is 3.20. The van der Waals surface area contributed by atoms with Gasteiger partial charge in [0.05, 0.1) is 17.4 Å². The van der Waals surface area contributed by atoms with Gasteiger partial charge < -0.3 is 0 Å². The van der Waals surface area contributed by atoms with Gasteiger partial charge in [-0.1, -0.05) is 90.5 Å². The molecule has 3 nitrogen and oxygen atoms in total. The number of fused-ring (bicyclic) bond motifs is 2. The van der Waals surface area contributed by atoms with Crippen molar-refractivity contribution in [1.82, 2.24) is 9.78 Å². The van der Waals surface area contributed by atoms with Crippen LogP contribution in [0.2, 0.25) is 5.02 Å². The summed E-state index contributed by atoms with van der Waals surface area (Å²) >= 11 is 6.16. The van der Waals surface area contributed by atoms with Crippen molar-refractivity contribution >= 4 is 33.9 Å². The van der Waals surface area contributed by atoms with E-state index in [2.05, 4.69) is 84.4 Å². The highest BCUT2D eigenvalue weighted by atomic mass is 35.5. The first kappa shape index (κ1) is 20.0. The Balaban J connectivity index is 1.56. The van der Waals surface area contributed by atoms with Crippen molar-refractivity contribution in [2.75, 3.05) is 0 Å². The maximum atomic E-state index is 6.16. The van der Waals surface area contributed by atoms with E-state index >= 15 is 0 Å². The molecule has 160 valence electrons. The van der Waals surface area contributed by atoms with E-state index in [-0.39, 0.29) is 6.04 Å². The fourth-order valence-electron chi connectivity index (χ4n) is 4.74. The first-order valence-electron chi connectivity index (χ1n) is 11.1. The van der Waals surface area contributed by atoms with Gasteiger partial charge in [0.2, 0.25) is 0 Å². The van der Waals surface area contributed by atoms with Crippen LogP contribution in [0.15, 0.2) is 102 Å². The Morgan fingerprint density at radius 2 is 1.48 bits per heavy atom. The lowest BCUT2D eigenvalue weighted by molar-refractivity contribution is 0.529. The SMILES string of the molecule is Cc1nn2c(c1-c1ccc(Cl)cc1)N=C(c1ccc3ccccc3c1)CC2c1ccccc1. The Kier molecular flexibility index (Phi) is 4.85. The second kappa shape index (κ2) is 8.02. The van der Waals surface area contributed by atoms with Crippen molar-refractivity contribution < 1.29 is 0 Å². The third kappa shape index (κ3) is 3.55. The summed E-state index contributed by atoms with van der Waals surface area (Å²) in [4.78, 5) is 5.20. The molecule has 0 aliphatic carbocycles. The van der Waals surface area contributed by atoms with Crippen molar-refractivity contribution in [2.24, 2.45) is 4.99 Å². The minimum absolute atomic E-state index is 0.0833. The molecule has 1 aliphatic heterocycles. The topological polar surface area (TPSA) is 30.2 Å². The molecule has 5 aromatic rings. The molecular formula is C29H22ClN3. The van der Waals surface area contributed by atoms with E-state index in [0.29, 0.717) is 0 Å². The predicted molar refractivity (Wildman–Crippen MR) is 137 cm³/mol. The predicted octanol–water partition coefficient (Wildman–Crippen LogP) is 7.78. The van der Waals surface area contributed by atoms with Crippen LogP contribution in [-0.4, -0.2) is 15.5 Å².